The molecule has 0 saturated heterocycles. The summed E-state index contributed by atoms with van der Waals surface area (Å²) in [4.78, 5) is 37.3. The zero-order chi connectivity index (χ0) is 25.5. The average molecular weight is 472 g/mol. The average Bonchev–Trinajstić information content (AvgIpc) is 2.74. The third kappa shape index (κ3) is 8.86. The maximum atomic E-state index is 12.6. The molecule has 0 aliphatic heterocycles. The first-order valence-electron chi connectivity index (χ1n) is 11.0. The van der Waals surface area contributed by atoms with E-state index in [9.17, 15) is 19.5 Å². The summed E-state index contributed by atoms with van der Waals surface area (Å²) in [7, 11) is 0. The Balaban J connectivity index is 2.05. The lowest BCUT2D eigenvalue weighted by atomic mass is 10.0. The van der Waals surface area contributed by atoms with Crippen LogP contribution in [0.2, 0.25) is 0 Å². The van der Waals surface area contributed by atoms with Gasteiger partial charge in [0.05, 0.1) is 5.56 Å². The van der Waals surface area contributed by atoms with Crippen molar-refractivity contribution in [1.29, 1.82) is 0 Å². The van der Waals surface area contributed by atoms with Gasteiger partial charge in [0.25, 0.3) is 0 Å². The van der Waals surface area contributed by atoms with Gasteiger partial charge >= 0.3 is 18.0 Å². The van der Waals surface area contributed by atoms with E-state index in [1.807, 2.05) is 30.3 Å². The zero-order valence-corrected chi connectivity index (χ0v) is 20.5. The molecule has 0 spiro atoms. The third-order valence-electron chi connectivity index (χ3n) is 4.33. The minimum Gasteiger partial charge on any atom is -0.459 e. The summed E-state index contributed by atoms with van der Waals surface area (Å²) < 4.78 is 15.6. The maximum absolute atomic E-state index is 12.6. The number of carbonyl (C=O) groups is 3. The predicted molar refractivity (Wildman–Crippen MR) is 127 cm³/mol. The molecule has 0 aliphatic carbocycles. The lowest BCUT2D eigenvalue weighted by Gasteiger charge is -2.28. The second-order valence-corrected chi connectivity index (χ2v) is 9.77. The molecule has 0 fully saturated rings. The van der Waals surface area contributed by atoms with Crippen LogP contribution in [0.3, 0.4) is 0 Å². The van der Waals surface area contributed by atoms with Gasteiger partial charge in [-0.15, -0.1) is 0 Å². The normalized spacial score (nSPS) is 13.4. The van der Waals surface area contributed by atoms with E-state index in [4.69, 9.17) is 14.2 Å². The topological polar surface area (TPSA) is 111 Å². The Labute approximate surface area is 200 Å². The molecule has 0 saturated carbocycles. The second kappa shape index (κ2) is 11.2. The number of amides is 1. The summed E-state index contributed by atoms with van der Waals surface area (Å²) in [6.07, 6.45) is -2.47. The number of hydrogen-bond donors (Lipinski definition) is 2. The van der Waals surface area contributed by atoms with Crippen LogP contribution in [-0.4, -0.2) is 53.1 Å². The number of esters is 2. The second-order valence-electron chi connectivity index (χ2n) is 9.77. The van der Waals surface area contributed by atoms with Crippen molar-refractivity contribution in [2.24, 2.45) is 0 Å². The first-order valence-corrected chi connectivity index (χ1v) is 11.0. The Morgan fingerprint density at radius 2 is 1.35 bits per heavy atom. The standard InChI is InChI=1S/C26H33NO7/c1-25(2,3)33-23(30)21(27-24(31)34-26(4,5)6)20(28)16-32-22(29)19-14-12-18(13-15-19)17-10-8-7-9-11-17/h7-15,20-21,28H,16H2,1-6H3,(H,27,31)/t20-,21-/m0/s1. The lowest BCUT2D eigenvalue weighted by Crippen LogP contribution is -2.53. The maximum Gasteiger partial charge on any atom is 0.408 e. The number of hydrogen-bond acceptors (Lipinski definition) is 7. The zero-order valence-electron chi connectivity index (χ0n) is 20.5. The highest BCUT2D eigenvalue weighted by atomic mass is 16.6. The fraction of sp³-hybridized carbons (Fsp3) is 0.423. The molecule has 0 aliphatic rings. The highest BCUT2D eigenvalue weighted by Gasteiger charge is 2.35. The molecule has 2 aromatic rings. The third-order valence-corrected chi connectivity index (χ3v) is 4.33. The fourth-order valence-corrected chi connectivity index (χ4v) is 2.88. The van der Waals surface area contributed by atoms with Gasteiger partial charge in [-0.2, -0.15) is 0 Å². The van der Waals surface area contributed by atoms with Gasteiger partial charge in [0.15, 0.2) is 6.04 Å². The van der Waals surface area contributed by atoms with E-state index in [0.29, 0.717) is 0 Å². The van der Waals surface area contributed by atoms with Crippen LogP contribution in [0.4, 0.5) is 4.79 Å². The van der Waals surface area contributed by atoms with Crippen LogP contribution in [0.5, 0.6) is 0 Å². The van der Waals surface area contributed by atoms with Gasteiger partial charge in [-0.05, 0) is 64.8 Å². The van der Waals surface area contributed by atoms with E-state index in [1.54, 1.807) is 65.8 Å². The number of aliphatic hydroxyl groups is 1. The minimum absolute atomic E-state index is 0.279. The molecule has 2 N–H and O–H groups in total. The molecular weight excluding hydrogens is 438 g/mol. The smallest absolute Gasteiger partial charge is 0.408 e. The van der Waals surface area contributed by atoms with Crippen LogP contribution >= 0.6 is 0 Å². The van der Waals surface area contributed by atoms with Gasteiger partial charge < -0.3 is 24.6 Å². The highest BCUT2D eigenvalue weighted by molar-refractivity contribution is 5.90. The Kier molecular flexibility index (Phi) is 8.81. The summed E-state index contributed by atoms with van der Waals surface area (Å²) in [5, 5.41) is 12.9. The van der Waals surface area contributed by atoms with Crippen LogP contribution in [0.25, 0.3) is 11.1 Å². The van der Waals surface area contributed by atoms with E-state index in [2.05, 4.69) is 5.32 Å². The summed E-state index contributed by atoms with van der Waals surface area (Å²) in [6.45, 7) is 9.41. The Morgan fingerprint density at radius 3 is 1.88 bits per heavy atom. The molecule has 34 heavy (non-hydrogen) atoms. The van der Waals surface area contributed by atoms with Crippen LogP contribution in [0.15, 0.2) is 54.6 Å². The van der Waals surface area contributed by atoms with E-state index in [0.717, 1.165) is 11.1 Å². The number of nitrogens with one attached hydrogen (secondary N) is 1. The Hall–Kier alpha value is -3.39. The molecule has 2 rings (SSSR count). The molecule has 0 radical (unpaired) electrons. The highest BCUT2D eigenvalue weighted by Crippen LogP contribution is 2.20. The molecule has 2 aromatic carbocycles. The Morgan fingerprint density at radius 1 is 0.824 bits per heavy atom. The largest absolute Gasteiger partial charge is 0.459 e. The number of aliphatic hydroxyl groups excluding tert-OH is 1. The van der Waals surface area contributed by atoms with Crippen LogP contribution in [-0.2, 0) is 19.0 Å². The summed E-state index contributed by atoms with van der Waals surface area (Å²) in [5.41, 5.74) is 0.545. The summed E-state index contributed by atoms with van der Waals surface area (Å²) in [6, 6.07) is 15.0. The number of benzene rings is 2. The lowest BCUT2D eigenvalue weighted by molar-refractivity contribution is -0.161. The molecule has 0 aromatic heterocycles. The number of carbonyl (C=O) groups excluding carboxylic acids is 3. The van der Waals surface area contributed by atoms with E-state index >= 15 is 0 Å². The summed E-state index contributed by atoms with van der Waals surface area (Å²) in [5.74, 6) is -1.56. The van der Waals surface area contributed by atoms with Crippen LogP contribution < -0.4 is 5.32 Å². The van der Waals surface area contributed by atoms with E-state index in [1.165, 1.54) is 0 Å². The Bertz CT molecular complexity index is 973. The van der Waals surface area contributed by atoms with E-state index in [-0.39, 0.29) is 5.56 Å². The number of ether oxygens (including phenoxy) is 3. The molecule has 0 heterocycles. The quantitative estimate of drug-likeness (QED) is 0.462. The van der Waals surface area contributed by atoms with Crippen molar-refractivity contribution in [3.05, 3.63) is 60.2 Å². The first kappa shape index (κ1) is 26.9. The number of alkyl carbamates (subject to hydrolysis) is 1. The van der Waals surface area contributed by atoms with Gasteiger partial charge in [-0.25, -0.2) is 14.4 Å². The van der Waals surface area contributed by atoms with Crippen molar-refractivity contribution >= 4 is 18.0 Å². The van der Waals surface area contributed by atoms with E-state index < -0.39 is 48.0 Å². The van der Waals surface area contributed by atoms with Crippen molar-refractivity contribution in [1.82, 2.24) is 5.32 Å². The van der Waals surface area contributed by atoms with Crippen molar-refractivity contribution < 1.29 is 33.7 Å². The predicted octanol–water partition coefficient (Wildman–Crippen LogP) is 4.11. The molecular formula is C26H33NO7. The van der Waals surface area contributed by atoms with Gasteiger partial charge in [0.2, 0.25) is 0 Å². The molecule has 2 atom stereocenters. The molecule has 1 amide bonds. The van der Waals surface area contributed by atoms with Gasteiger partial charge in [0, 0.05) is 0 Å². The minimum atomic E-state index is -1.56. The van der Waals surface area contributed by atoms with Crippen LogP contribution in [0.1, 0.15) is 51.9 Å². The SMILES string of the molecule is CC(C)(C)OC(=O)N[C@H](C(=O)OC(C)(C)C)[C@@H](O)COC(=O)c1ccc(-c2ccccc2)cc1. The van der Waals surface area contributed by atoms with Crippen molar-refractivity contribution in [2.45, 2.75) is 64.9 Å². The molecule has 0 unspecified atom stereocenters. The fourth-order valence-electron chi connectivity index (χ4n) is 2.88. The number of rotatable bonds is 7. The monoisotopic (exact) mass is 471 g/mol. The molecule has 8 heteroatoms. The van der Waals surface area contributed by atoms with Crippen molar-refractivity contribution in [2.75, 3.05) is 6.61 Å². The van der Waals surface area contributed by atoms with Gasteiger partial charge in [-0.1, -0.05) is 42.5 Å². The summed E-state index contributed by atoms with van der Waals surface area (Å²) >= 11 is 0. The van der Waals surface area contributed by atoms with Gasteiger partial charge in [0.1, 0.15) is 23.9 Å². The van der Waals surface area contributed by atoms with Gasteiger partial charge in [-0.3, -0.25) is 0 Å². The molecule has 0 bridgehead atoms. The first-order chi connectivity index (χ1) is 15.7. The van der Waals surface area contributed by atoms with Crippen molar-refractivity contribution in [3.8, 4) is 11.1 Å². The molecule has 184 valence electrons. The van der Waals surface area contributed by atoms with Crippen molar-refractivity contribution in [3.63, 3.8) is 0 Å². The molecule has 8 nitrogen and oxygen atoms in total. The van der Waals surface area contributed by atoms with Crippen LogP contribution in [0, 0.1) is 0 Å².